The molecule has 7 nitrogen and oxygen atoms in total. The number of thiazole rings is 1. The van der Waals surface area contributed by atoms with Crippen molar-refractivity contribution in [2.45, 2.75) is 25.4 Å². The fraction of sp³-hybridized carbons (Fsp3) is 0.294. The number of aromatic amines is 1. The van der Waals surface area contributed by atoms with Gasteiger partial charge in [0.25, 0.3) is 0 Å². The first kappa shape index (κ1) is 18.4. The maximum absolute atomic E-state index is 12.9. The molecular weight excluding hydrogens is 395 g/mol. The number of ether oxygens (including phenoxy) is 1. The van der Waals surface area contributed by atoms with Gasteiger partial charge in [-0.25, -0.2) is 9.97 Å². The van der Waals surface area contributed by atoms with Crippen molar-refractivity contribution in [2.75, 3.05) is 6.61 Å². The maximum atomic E-state index is 12.9. The van der Waals surface area contributed by atoms with E-state index in [4.69, 9.17) is 10.5 Å². The number of hydrogen-bond acceptors (Lipinski definition) is 6. The Morgan fingerprint density at radius 2 is 2.14 bits per heavy atom. The van der Waals surface area contributed by atoms with E-state index < -0.39 is 18.0 Å². The predicted molar refractivity (Wildman–Crippen MR) is 95.1 cm³/mol. The average Bonchev–Trinajstić information content (AvgIpc) is 3.24. The number of halogens is 3. The summed E-state index contributed by atoms with van der Waals surface area (Å²) in [6.07, 6.45) is -3.86. The number of amides is 1. The number of nitrogens with one attached hydrogen (secondary N) is 1. The van der Waals surface area contributed by atoms with Gasteiger partial charge < -0.3 is 10.5 Å². The molecule has 2 aromatic heterocycles. The Morgan fingerprint density at radius 3 is 2.86 bits per heavy atom. The average molecular weight is 409 g/mol. The molecule has 0 radical (unpaired) electrons. The quantitative estimate of drug-likeness (QED) is 0.690. The van der Waals surface area contributed by atoms with Crippen LogP contribution in [0.3, 0.4) is 0 Å². The topological polar surface area (TPSA) is 107 Å². The Hall–Kier alpha value is -2.95. The van der Waals surface area contributed by atoms with Crippen LogP contribution in [-0.4, -0.2) is 38.9 Å². The van der Waals surface area contributed by atoms with Crippen molar-refractivity contribution >= 4 is 17.2 Å². The van der Waals surface area contributed by atoms with Gasteiger partial charge in [0.15, 0.2) is 16.7 Å². The molecule has 1 unspecified atom stereocenters. The second-order valence-corrected chi connectivity index (χ2v) is 7.35. The molecule has 3 heterocycles. The normalized spacial score (nSPS) is 14.6. The van der Waals surface area contributed by atoms with Gasteiger partial charge in [0.2, 0.25) is 5.91 Å². The highest BCUT2D eigenvalue weighted by Crippen LogP contribution is 2.40. The van der Waals surface area contributed by atoms with Crippen LogP contribution in [0.5, 0.6) is 5.75 Å². The summed E-state index contributed by atoms with van der Waals surface area (Å²) in [6, 6.07) is 4.83. The molecule has 0 bridgehead atoms. The van der Waals surface area contributed by atoms with Gasteiger partial charge in [-0.05, 0) is 25.1 Å². The summed E-state index contributed by atoms with van der Waals surface area (Å²) in [5, 5.41) is 6.67. The summed E-state index contributed by atoms with van der Waals surface area (Å²) in [4.78, 5) is 20.8. The van der Waals surface area contributed by atoms with Crippen LogP contribution in [0.2, 0.25) is 0 Å². The van der Waals surface area contributed by atoms with Crippen LogP contribution in [0.1, 0.15) is 33.9 Å². The highest BCUT2D eigenvalue weighted by molar-refractivity contribution is 7.15. The second-order valence-electron chi connectivity index (χ2n) is 6.27. The Kier molecular flexibility index (Phi) is 4.33. The van der Waals surface area contributed by atoms with Crippen molar-refractivity contribution < 1.29 is 22.7 Å². The second kappa shape index (κ2) is 6.59. The van der Waals surface area contributed by atoms with Crippen molar-refractivity contribution in [3.05, 3.63) is 34.5 Å². The number of H-pyrrole nitrogens is 1. The van der Waals surface area contributed by atoms with Gasteiger partial charge in [-0.2, -0.15) is 18.3 Å². The standard InChI is InChI=1S/C17H14F3N5O2S/c1-7(17(18,19)20)14-23-15(25-24-14)16-22-12-9-3-2-8(13(21)26)6-10(9)27-5-4-11(12)28-16/h2-3,6-7H,4-5H2,1H3,(H2,21,26)(H,23,24,25). The van der Waals surface area contributed by atoms with Crippen LogP contribution >= 0.6 is 11.3 Å². The summed E-state index contributed by atoms with van der Waals surface area (Å²) >= 11 is 1.31. The first-order valence-electron chi connectivity index (χ1n) is 8.30. The number of nitrogens with two attached hydrogens (primary N) is 1. The van der Waals surface area contributed by atoms with Gasteiger partial charge in [0.1, 0.15) is 11.7 Å². The minimum Gasteiger partial charge on any atom is -0.492 e. The van der Waals surface area contributed by atoms with Gasteiger partial charge in [-0.3, -0.25) is 9.89 Å². The summed E-state index contributed by atoms with van der Waals surface area (Å²) in [5.41, 5.74) is 6.96. The zero-order chi connectivity index (χ0) is 20.1. The number of carbonyl (C=O) groups is 1. The van der Waals surface area contributed by atoms with Crippen LogP contribution in [-0.2, 0) is 6.42 Å². The molecule has 4 rings (SSSR count). The van der Waals surface area contributed by atoms with E-state index in [1.54, 1.807) is 18.2 Å². The third kappa shape index (κ3) is 3.21. The molecule has 0 aliphatic carbocycles. The number of benzene rings is 1. The Morgan fingerprint density at radius 1 is 1.36 bits per heavy atom. The fourth-order valence-electron chi connectivity index (χ4n) is 2.79. The monoisotopic (exact) mass is 409 g/mol. The van der Waals surface area contributed by atoms with Gasteiger partial charge in [0, 0.05) is 22.4 Å². The van der Waals surface area contributed by atoms with Crippen molar-refractivity contribution in [1.82, 2.24) is 20.2 Å². The van der Waals surface area contributed by atoms with Crippen LogP contribution in [0, 0.1) is 0 Å². The van der Waals surface area contributed by atoms with E-state index in [9.17, 15) is 18.0 Å². The molecule has 1 aromatic carbocycles. The maximum Gasteiger partial charge on any atom is 0.398 e. The number of fused-ring (bicyclic) bond motifs is 3. The van der Waals surface area contributed by atoms with Crippen LogP contribution in [0.15, 0.2) is 18.2 Å². The van der Waals surface area contributed by atoms with E-state index in [0.29, 0.717) is 40.6 Å². The van der Waals surface area contributed by atoms with Gasteiger partial charge in [0.05, 0.1) is 12.3 Å². The number of primary amides is 1. The van der Waals surface area contributed by atoms with E-state index in [-0.39, 0.29) is 11.6 Å². The molecule has 0 fully saturated rings. The molecule has 0 saturated carbocycles. The molecule has 1 aliphatic heterocycles. The summed E-state index contributed by atoms with van der Waals surface area (Å²) in [6.45, 7) is 1.38. The van der Waals surface area contributed by atoms with E-state index >= 15 is 0 Å². The van der Waals surface area contributed by atoms with E-state index in [1.807, 2.05) is 0 Å². The Bertz CT molecular complexity index is 1060. The minimum absolute atomic E-state index is 0.181. The molecule has 1 atom stereocenters. The number of aromatic nitrogens is 4. The minimum atomic E-state index is -4.42. The molecule has 11 heteroatoms. The number of nitrogens with zero attached hydrogens (tertiary/aromatic N) is 3. The highest BCUT2D eigenvalue weighted by Gasteiger charge is 2.40. The molecule has 1 aliphatic rings. The first-order valence-corrected chi connectivity index (χ1v) is 9.12. The molecule has 3 N–H and O–H groups in total. The van der Waals surface area contributed by atoms with Gasteiger partial charge in [-0.15, -0.1) is 11.3 Å². The largest absolute Gasteiger partial charge is 0.492 e. The molecule has 3 aromatic rings. The highest BCUT2D eigenvalue weighted by atomic mass is 32.1. The lowest BCUT2D eigenvalue weighted by Crippen LogP contribution is -2.18. The summed E-state index contributed by atoms with van der Waals surface area (Å²) in [7, 11) is 0. The molecule has 0 saturated heterocycles. The van der Waals surface area contributed by atoms with Crippen LogP contribution < -0.4 is 10.5 Å². The predicted octanol–water partition coefficient (Wildman–Crippen LogP) is 3.29. The molecule has 146 valence electrons. The van der Waals surface area contributed by atoms with Crippen LogP contribution in [0.4, 0.5) is 13.2 Å². The lowest BCUT2D eigenvalue weighted by atomic mass is 10.1. The van der Waals surface area contributed by atoms with Crippen molar-refractivity contribution in [3.63, 3.8) is 0 Å². The molecule has 0 spiro atoms. The smallest absolute Gasteiger partial charge is 0.398 e. The van der Waals surface area contributed by atoms with Gasteiger partial charge in [-0.1, -0.05) is 0 Å². The third-order valence-corrected chi connectivity index (χ3v) is 5.51. The third-order valence-electron chi connectivity index (χ3n) is 4.39. The number of alkyl halides is 3. The number of carbonyl (C=O) groups excluding carboxylic acids is 1. The molecule has 1 amide bonds. The molecular formula is C17H14F3N5O2S. The van der Waals surface area contributed by atoms with E-state index in [2.05, 4.69) is 20.2 Å². The SMILES string of the molecule is CC(c1n[nH]c(-c2nc3c(s2)CCOc2cc(C(N)=O)ccc2-3)n1)C(F)(F)F. The summed E-state index contributed by atoms with van der Waals surface area (Å²) in [5.74, 6) is -2.02. The lowest BCUT2D eigenvalue weighted by molar-refractivity contribution is -0.147. The van der Waals surface area contributed by atoms with Gasteiger partial charge >= 0.3 is 6.18 Å². The zero-order valence-corrected chi connectivity index (χ0v) is 15.3. The first-order chi connectivity index (χ1) is 13.2. The zero-order valence-electron chi connectivity index (χ0n) is 14.5. The van der Waals surface area contributed by atoms with Crippen LogP contribution in [0.25, 0.3) is 22.1 Å². The molecule has 28 heavy (non-hydrogen) atoms. The van der Waals surface area contributed by atoms with Crippen molar-refractivity contribution in [1.29, 1.82) is 0 Å². The van der Waals surface area contributed by atoms with Crippen molar-refractivity contribution in [3.8, 4) is 27.8 Å². The lowest BCUT2D eigenvalue weighted by Gasteiger charge is -2.10. The van der Waals surface area contributed by atoms with Crippen molar-refractivity contribution in [2.24, 2.45) is 5.73 Å². The fourth-order valence-corrected chi connectivity index (χ4v) is 3.78. The number of rotatable bonds is 3. The Balaban J connectivity index is 1.72. The van der Waals surface area contributed by atoms with E-state index in [0.717, 1.165) is 11.8 Å². The van der Waals surface area contributed by atoms with E-state index in [1.165, 1.54) is 11.3 Å². The summed E-state index contributed by atoms with van der Waals surface area (Å²) < 4.78 is 44.3. The Labute approximate surface area is 160 Å². The number of hydrogen-bond donors (Lipinski definition) is 2.